The number of hydrogen-bond acceptors (Lipinski definition) is 5. The standard InChI is InChI=1S/C28H31N3O4/c1-2-34-28(33)21-14-16-30(17-15-21)27(32)25-19-31-18-22(10-13-26(31)29-25)20-8-11-24(12-9-20)35-23-6-4-3-5-7-23/h3-9,11-12,19,21-22H,2,10,13-18H2,1H3/t22-/m1/s1. The quantitative estimate of drug-likeness (QED) is 0.480. The lowest BCUT2D eigenvalue weighted by atomic mass is 9.91. The Morgan fingerprint density at radius 1 is 0.971 bits per heavy atom. The molecule has 182 valence electrons. The zero-order chi connectivity index (χ0) is 24.2. The fourth-order valence-corrected chi connectivity index (χ4v) is 4.99. The topological polar surface area (TPSA) is 73.7 Å². The molecule has 1 atom stereocenters. The molecule has 1 amide bonds. The van der Waals surface area contributed by atoms with Gasteiger partial charge in [-0.05, 0) is 56.0 Å². The molecule has 2 aromatic carbocycles. The van der Waals surface area contributed by atoms with Crippen molar-refractivity contribution in [3.05, 3.63) is 77.9 Å². The van der Waals surface area contributed by atoms with Crippen LogP contribution in [0.2, 0.25) is 0 Å². The van der Waals surface area contributed by atoms with Crippen LogP contribution in [0.5, 0.6) is 11.5 Å². The van der Waals surface area contributed by atoms with Crippen molar-refractivity contribution >= 4 is 11.9 Å². The number of carbonyl (C=O) groups excluding carboxylic acids is 2. The molecule has 2 aliphatic rings. The second-order valence-electron chi connectivity index (χ2n) is 9.23. The number of fused-ring (bicyclic) bond motifs is 1. The van der Waals surface area contributed by atoms with Crippen LogP contribution < -0.4 is 4.74 Å². The van der Waals surface area contributed by atoms with Crippen molar-refractivity contribution in [3.8, 4) is 11.5 Å². The zero-order valence-corrected chi connectivity index (χ0v) is 20.1. The number of nitrogens with zero attached hydrogens (tertiary/aromatic N) is 3. The molecule has 7 heteroatoms. The van der Waals surface area contributed by atoms with Crippen LogP contribution in [0.3, 0.4) is 0 Å². The number of carbonyl (C=O) groups is 2. The van der Waals surface area contributed by atoms with Gasteiger partial charge in [-0.1, -0.05) is 30.3 Å². The Balaban J connectivity index is 1.19. The number of ether oxygens (including phenoxy) is 2. The van der Waals surface area contributed by atoms with E-state index < -0.39 is 0 Å². The van der Waals surface area contributed by atoms with Crippen LogP contribution in [0.15, 0.2) is 60.8 Å². The van der Waals surface area contributed by atoms with Gasteiger partial charge >= 0.3 is 5.97 Å². The van der Waals surface area contributed by atoms with Crippen LogP contribution in [-0.2, 0) is 22.5 Å². The van der Waals surface area contributed by atoms with Gasteiger partial charge in [-0.3, -0.25) is 9.59 Å². The molecule has 0 spiro atoms. The Morgan fingerprint density at radius 3 is 2.40 bits per heavy atom. The molecule has 0 aliphatic carbocycles. The van der Waals surface area contributed by atoms with Crippen molar-refractivity contribution in [1.82, 2.24) is 14.5 Å². The first kappa shape index (κ1) is 23.1. The van der Waals surface area contributed by atoms with Crippen LogP contribution in [0.25, 0.3) is 0 Å². The maximum absolute atomic E-state index is 13.1. The van der Waals surface area contributed by atoms with Crippen molar-refractivity contribution in [3.63, 3.8) is 0 Å². The van der Waals surface area contributed by atoms with Gasteiger partial charge in [0.1, 0.15) is 23.0 Å². The molecule has 0 radical (unpaired) electrons. The van der Waals surface area contributed by atoms with Crippen molar-refractivity contribution in [2.24, 2.45) is 5.92 Å². The molecule has 0 N–H and O–H groups in total. The molecule has 1 aromatic heterocycles. The summed E-state index contributed by atoms with van der Waals surface area (Å²) in [4.78, 5) is 31.5. The molecule has 0 bridgehead atoms. The fraction of sp³-hybridized carbons (Fsp3) is 0.393. The van der Waals surface area contributed by atoms with E-state index in [1.165, 1.54) is 5.56 Å². The maximum Gasteiger partial charge on any atom is 0.309 e. The van der Waals surface area contributed by atoms with Gasteiger partial charge in [0.15, 0.2) is 0 Å². The Labute approximate surface area is 205 Å². The number of rotatable bonds is 6. The van der Waals surface area contributed by atoms with Gasteiger partial charge in [0.2, 0.25) is 0 Å². The van der Waals surface area contributed by atoms with Gasteiger partial charge in [-0.15, -0.1) is 0 Å². The lowest BCUT2D eigenvalue weighted by Crippen LogP contribution is -2.40. The number of aryl methyl sites for hydroxylation is 1. The van der Waals surface area contributed by atoms with Crippen molar-refractivity contribution in [2.75, 3.05) is 19.7 Å². The average Bonchev–Trinajstić information content (AvgIpc) is 3.33. The van der Waals surface area contributed by atoms with E-state index in [4.69, 9.17) is 9.47 Å². The van der Waals surface area contributed by atoms with Crippen LogP contribution in [-0.4, -0.2) is 46.0 Å². The van der Waals surface area contributed by atoms with E-state index in [2.05, 4.69) is 21.7 Å². The van der Waals surface area contributed by atoms with Crippen LogP contribution in [0.1, 0.15) is 54.0 Å². The molecule has 1 fully saturated rings. The predicted octanol–water partition coefficient (Wildman–Crippen LogP) is 4.82. The van der Waals surface area contributed by atoms with E-state index in [1.807, 2.05) is 60.5 Å². The third-order valence-electron chi connectivity index (χ3n) is 6.94. The summed E-state index contributed by atoms with van der Waals surface area (Å²) >= 11 is 0. The number of esters is 1. The van der Waals surface area contributed by atoms with Gasteiger partial charge in [-0.2, -0.15) is 0 Å². The first-order valence-corrected chi connectivity index (χ1v) is 12.5. The number of imidazole rings is 1. The average molecular weight is 474 g/mol. The minimum atomic E-state index is -0.150. The molecular weight excluding hydrogens is 442 g/mol. The van der Waals surface area contributed by atoms with Crippen molar-refractivity contribution in [1.29, 1.82) is 0 Å². The highest BCUT2D eigenvalue weighted by Gasteiger charge is 2.30. The first-order chi connectivity index (χ1) is 17.1. The number of hydrogen-bond donors (Lipinski definition) is 0. The maximum atomic E-state index is 13.1. The van der Waals surface area contributed by atoms with E-state index in [1.54, 1.807) is 0 Å². The SMILES string of the molecule is CCOC(=O)C1CCN(C(=O)c2cn3c(n2)CC[C@@H](c2ccc(Oc4ccccc4)cc2)C3)CC1. The Morgan fingerprint density at radius 2 is 1.69 bits per heavy atom. The minimum absolute atomic E-state index is 0.0480. The number of amides is 1. The molecule has 0 unspecified atom stereocenters. The van der Waals surface area contributed by atoms with Gasteiger partial charge in [0.05, 0.1) is 12.5 Å². The summed E-state index contributed by atoms with van der Waals surface area (Å²) in [5.41, 5.74) is 1.76. The monoisotopic (exact) mass is 473 g/mol. The smallest absolute Gasteiger partial charge is 0.309 e. The normalized spacial score (nSPS) is 18.1. The van der Waals surface area contributed by atoms with Crippen molar-refractivity contribution < 1.29 is 19.1 Å². The molecule has 3 aromatic rings. The summed E-state index contributed by atoms with van der Waals surface area (Å²) in [5, 5.41) is 0. The van der Waals surface area contributed by atoms with E-state index >= 15 is 0 Å². The van der Waals surface area contributed by atoms with E-state index in [-0.39, 0.29) is 17.8 Å². The third-order valence-corrected chi connectivity index (χ3v) is 6.94. The van der Waals surface area contributed by atoms with E-state index in [0.717, 1.165) is 36.7 Å². The second kappa shape index (κ2) is 10.3. The molecule has 3 heterocycles. The largest absolute Gasteiger partial charge is 0.466 e. The fourth-order valence-electron chi connectivity index (χ4n) is 4.99. The van der Waals surface area contributed by atoms with E-state index in [9.17, 15) is 9.59 Å². The number of para-hydroxylation sites is 1. The Bertz CT molecular complexity index is 1160. The number of likely N-dealkylation sites (tertiary alicyclic amines) is 1. The minimum Gasteiger partial charge on any atom is -0.466 e. The van der Waals surface area contributed by atoms with Crippen molar-refractivity contribution in [2.45, 2.75) is 45.1 Å². The van der Waals surface area contributed by atoms with Gasteiger partial charge < -0.3 is 18.9 Å². The van der Waals surface area contributed by atoms with Crippen LogP contribution in [0.4, 0.5) is 0 Å². The molecule has 1 saturated heterocycles. The summed E-state index contributed by atoms with van der Waals surface area (Å²) in [7, 11) is 0. The Hall–Kier alpha value is -3.61. The van der Waals surface area contributed by atoms with Crippen LogP contribution >= 0.6 is 0 Å². The highest BCUT2D eigenvalue weighted by atomic mass is 16.5. The summed E-state index contributed by atoms with van der Waals surface area (Å²) in [6.07, 6.45) is 5.02. The summed E-state index contributed by atoms with van der Waals surface area (Å²) in [5.74, 6) is 2.66. The zero-order valence-electron chi connectivity index (χ0n) is 20.1. The molecule has 35 heavy (non-hydrogen) atoms. The second-order valence-corrected chi connectivity index (χ2v) is 9.23. The highest BCUT2D eigenvalue weighted by molar-refractivity contribution is 5.92. The van der Waals surface area contributed by atoms with Gasteiger partial charge in [0, 0.05) is 38.2 Å². The number of aromatic nitrogens is 2. The summed E-state index contributed by atoms with van der Waals surface area (Å²) in [6, 6.07) is 18.1. The van der Waals surface area contributed by atoms with Gasteiger partial charge in [0.25, 0.3) is 5.91 Å². The molecule has 7 nitrogen and oxygen atoms in total. The predicted molar refractivity (Wildman–Crippen MR) is 132 cm³/mol. The summed E-state index contributed by atoms with van der Waals surface area (Å²) < 4.78 is 13.2. The molecule has 5 rings (SSSR count). The Kier molecular flexibility index (Phi) is 6.84. The lowest BCUT2D eigenvalue weighted by molar-refractivity contribution is -0.149. The van der Waals surface area contributed by atoms with E-state index in [0.29, 0.717) is 44.1 Å². The highest BCUT2D eigenvalue weighted by Crippen LogP contribution is 2.31. The summed E-state index contributed by atoms with van der Waals surface area (Å²) in [6.45, 7) is 4.14. The molecular formula is C28H31N3O4. The first-order valence-electron chi connectivity index (χ1n) is 12.5. The molecule has 0 saturated carbocycles. The third kappa shape index (κ3) is 5.24. The number of benzene rings is 2. The lowest BCUT2D eigenvalue weighted by Gasteiger charge is -2.30. The molecule has 2 aliphatic heterocycles. The number of piperidine rings is 1. The van der Waals surface area contributed by atoms with Crippen LogP contribution in [0, 0.1) is 5.92 Å². The van der Waals surface area contributed by atoms with Gasteiger partial charge in [-0.25, -0.2) is 4.98 Å².